The van der Waals surface area contributed by atoms with Gasteiger partial charge in [-0.2, -0.15) is 0 Å². The SMILES string of the molecule is O=C(OCC(=O)N1CCN(C(=O)c2ccco2)CC1)c1ccnc(Cl)c1. The number of piperazine rings is 1. The molecule has 1 saturated heterocycles. The smallest absolute Gasteiger partial charge is 0.338 e. The summed E-state index contributed by atoms with van der Waals surface area (Å²) in [5.74, 6) is -0.893. The maximum Gasteiger partial charge on any atom is 0.338 e. The second kappa shape index (κ2) is 8.01. The molecule has 136 valence electrons. The van der Waals surface area contributed by atoms with Crippen LogP contribution in [0.1, 0.15) is 20.9 Å². The molecule has 3 heterocycles. The van der Waals surface area contributed by atoms with Gasteiger partial charge in [0.1, 0.15) is 5.15 Å². The molecular formula is C17H16ClN3O5. The third kappa shape index (κ3) is 4.20. The minimum Gasteiger partial charge on any atom is -0.459 e. The Morgan fingerprint density at radius 1 is 1.15 bits per heavy atom. The Hall–Kier alpha value is -2.87. The quantitative estimate of drug-likeness (QED) is 0.591. The molecule has 0 spiro atoms. The Morgan fingerprint density at radius 2 is 1.88 bits per heavy atom. The molecule has 0 aromatic carbocycles. The zero-order valence-electron chi connectivity index (χ0n) is 13.8. The number of hydrogen-bond donors (Lipinski definition) is 0. The van der Waals surface area contributed by atoms with Crippen molar-refractivity contribution in [3.63, 3.8) is 0 Å². The number of carbonyl (C=O) groups is 3. The molecule has 1 fully saturated rings. The highest BCUT2D eigenvalue weighted by molar-refractivity contribution is 6.29. The molecule has 0 saturated carbocycles. The normalized spacial score (nSPS) is 14.2. The summed E-state index contributed by atoms with van der Waals surface area (Å²) >= 11 is 5.72. The van der Waals surface area contributed by atoms with Crippen molar-refractivity contribution in [1.29, 1.82) is 0 Å². The van der Waals surface area contributed by atoms with Crippen LogP contribution in [0.3, 0.4) is 0 Å². The van der Waals surface area contributed by atoms with Crippen LogP contribution in [0.5, 0.6) is 0 Å². The molecule has 26 heavy (non-hydrogen) atoms. The van der Waals surface area contributed by atoms with Crippen LogP contribution < -0.4 is 0 Å². The summed E-state index contributed by atoms with van der Waals surface area (Å²) in [7, 11) is 0. The monoisotopic (exact) mass is 377 g/mol. The standard InChI is InChI=1S/C17H16ClN3O5/c18-14-10-12(3-4-19-14)17(24)26-11-15(22)20-5-7-21(8-6-20)16(23)13-2-1-9-25-13/h1-4,9-10H,5-8,11H2. The molecule has 9 heteroatoms. The number of ether oxygens (including phenoxy) is 1. The summed E-state index contributed by atoms with van der Waals surface area (Å²) in [5, 5.41) is 0.170. The van der Waals surface area contributed by atoms with Gasteiger partial charge in [0, 0.05) is 32.4 Å². The van der Waals surface area contributed by atoms with E-state index in [1.165, 1.54) is 24.6 Å². The number of amides is 2. The van der Waals surface area contributed by atoms with E-state index < -0.39 is 5.97 Å². The number of furan rings is 1. The largest absolute Gasteiger partial charge is 0.459 e. The predicted octanol–water partition coefficient (Wildman–Crippen LogP) is 1.47. The zero-order valence-corrected chi connectivity index (χ0v) is 14.5. The van der Waals surface area contributed by atoms with Crippen LogP contribution in [-0.4, -0.2) is 65.4 Å². The minimum atomic E-state index is -0.644. The van der Waals surface area contributed by atoms with Crippen molar-refractivity contribution in [1.82, 2.24) is 14.8 Å². The maximum atomic E-state index is 12.2. The number of aromatic nitrogens is 1. The van der Waals surface area contributed by atoms with E-state index in [-0.39, 0.29) is 34.9 Å². The van der Waals surface area contributed by atoms with Crippen molar-refractivity contribution in [2.75, 3.05) is 32.8 Å². The first-order chi connectivity index (χ1) is 12.5. The third-order valence-electron chi connectivity index (χ3n) is 3.94. The van der Waals surface area contributed by atoms with Crippen LogP contribution >= 0.6 is 11.6 Å². The first-order valence-corrected chi connectivity index (χ1v) is 8.31. The fraction of sp³-hybridized carbons (Fsp3) is 0.294. The third-order valence-corrected chi connectivity index (χ3v) is 4.15. The summed E-state index contributed by atoms with van der Waals surface area (Å²) < 4.78 is 10.1. The van der Waals surface area contributed by atoms with E-state index in [2.05, 4.69) is 4.98 Å². The van der Waals surface area contributed by atoms with Gasteiger partial charge in [0.15, 0.2) is 12.4 Å². The predicted molar refractivity (Wildman–Crippen MR) is 90.7 cm³/mol. The van der Waals surface area contributed by atoms with Gasteiger partial charge in [-0.1, -0.05) is 11.6 Å². The molecule has 2 amide bonds. The molecule has 2 aromatic rings. The first kappa shape index (κ1) is 17.9. The average Bonchev–Trinajstić information content (AvgIpc) is 3.20. The minimum absolute atomic E-state index is 0.170. The number of nitrogens with zero attached hydrogens (tertiary/aromatic N) is 3. The van der Waals surface area contributed by atoms with E-state index in [9.17, 15) is 14.4 Å². The summed E-state index contributed by atoms with van der Waals surface area (Å²) in [6.45, 7) is 1.14. The topological polar surface area (TPSA) is 93.0 Å². The van der Waals surface area contributed by atoms with Crippen molar-refractivity contribution < 1.29 is 23.5 Å². The van der Waals surface area contributed by atoms with Gasteiger partial charge in [-0.05, 0) is 24.3 Å². The van der Waals surface area contributed by atoms with Crippen LogP contribution in [-0.2, 0) is 9.53 Å². The molecule has 0 N–H and O–H groups in total. The van der Waals surface area contributed by atoms with Crippen molar-refractivity contribution in [2.45, 2.75) is 0 Å². The molecular weight excluding hydrogens is 362 g/mol. The molecule has 1 aliphatic heterocycles. The second-order valence-corrected chi connectivity index (χ2v) is 5.98. The Morgan fingerprint density at radius 3 is 2.54 bits per heavy atom. The molecule has 0 aliphatic carbocycles. The van der Waals surface area contributed by atoms with Gasteiger partial charge < -0.3 is 19.0 Å². The molecule has 8 nitrogen and oxygen atoms in total. The molecule has 2 aromatic heterocycles. The summed E-state index contributed by atoms with van der Waals surface area (Å²) in [6.07, 6.45) is 2.83. The molecule has 0 unspecified atom stereocenters. The first-order valence-electron chi connectivity index (χ1n) is 7.94. The van der Waals surface area contributed by atoms with Gasteiger partial charge in [-0.25, -0.2) is 9.78 Å². The van der Waals surface area contributed by atoms with E-state index in [1.54, 1.807) is 21.9 Å². The van der Waals surface area contributed by atoms with Crippen molar-refractivity contribution >= 4 is 29.4 Å². The highest BCUT2D eigenvalue weighted by Gasteiger charge is 2.26. The summed E-state index contributed by atoms with van der Waals surface area (Å²) in [4.78, 5) is 43.2. The fourth-order valence-electron chi connectivity index (χ4n) is 2.55. The van der Waals surface area contributed by atoms with Gasteiger partial charge in [-0.3, -0.25) is 9.59 Å². The lowest BCUT2D eigenvalue weighted by Gasteiger charge is -2.34. The van der Waals surface area contributed by atoms with Crippen LogP contribution in [0.2, 0.25) is 5.15 Å². The van der Waals surface area contributed by atoms with Gasteiger partial charge in [-0.15, -0.1) is 0 Å². The highest BCUT2D eigenvalue weighted by atomic mass is 35.5. The fourth-order valence-corrected chi connectivity index (χ4v) is 2.72. The lowest BCUT2D eigenvalue weighted by molar-refractivity contribution is -0.136. The second-order valence-electron chi connectivity index (χ2n) is 5.59. The molecule has 0 atom stereocenters. The molecule has 3 rings (SSSR count). The Kier molecular flexibility index (Phi) is 5.52. The van der Waals surface area contributed by atoms with Crippen LogP contribution in [0.15, 0.2) is 41.1 Å². The van der Waals surface area contributed by atoms with E-state index in [4.69, 9.17) is 20.8 Å². The van der Waals surface area contributed by atoms with E-state index in [0.717, 1.165) is 0 Å². The zero-order chi connectivity index (χ0) is 18.5. The van der Waals surface area contributed by atoms with Gasteiger partial charge in [0.25, 0.3) is 11.8 Å². The van der Waals surface area contributed by atoms with Crippen LogP contribution in [0, 0.1) is 0 Å². The lowest BCUT2D eigenvalue weighted by Crippen LogP contribution is -2.51. The van der Waals surface area contributed by atoms with Crippen molar-refractivity contribution in [3.8, 4) is 0 Å². The average molecular weight is 378 g/mol. The number of esters is 1. The van der Waals surface area contributed by atoms with Gasteiger partial charge >= 0.3 is 5.97 Å². The molecule has 1 aliphatic rings. The number of hydrogen-bond acceptors (Lipinski definition) is 6. The number of carbonyl (C=O) groups excluding carboxylic acids is 3. The van der Waals surface area contributed by atoms with Crippen molar-refractivity contribution in [3.05, 3.63) is 53.2 Å². The summed E-state index contributed by atoms with van der Waals surface area (Å²) in [6, 6.07) is 6.08. The number of halogens is 1. The number of pyridine rings is 1. The lowest BCUT2D eigenvalue weighted by atomic mass is 10.2. The van der Waals surface area contributed by atoms with Crippen molar-refractivity contribution in [2.24, 2.45) is 0 Å². The highest BCUT2D eigenvalue weighted by Crippen LogP contribution is 2.11. The summed E-state index contributed by atoms with van der Waals surface area (Å²) in [5.41, 5.74) is 0.228. The Bertz CT molecular complexity index is 800. The Labute approximate surface area is 154 Å². The van der Waals surface area contributed by atoms with E-state index in [0.29, 0.717) is 26.2 Å². The maximum absolute atomic E-state index is 12.2. The van der Waals surface area contributed by atoms with E-state index >= 15 is 0 Å². The van der Waals surface area contributed by atoms with Crippen LogP contribution in [0.25, 0.3) is 0 Å². The van der Waals surface area contributed by atoms with Gasteiger partial charge in [0.05, 0.1) is 11.8 Å². The molecule has 0 bridgehead atoms. The van der Waals surface area contributed by atoms with Crippen LogP contribution in [0.4, 0.5) is 0 Å². The van der Waals surface area contributed by atoms with E-state index in [1.807, 2.05) is 0 Å². The number of rotatable bonds is 4. The Balaban J connectivity index is 1.46. The van der Waals surface area contributed by atoms with Gasteiger partial charge in [0.2, 0.25) is 0 Å². The molecule has 0 radical (unpaired) electrons.